The molecule has 5 nitrogen and oxygen atoms in total. The van der Waals surface area contributed by atoms with Gasteiger partial charge in [-0.2, -0.15) is 5.10 Å². The van der Waals surface area contributed by atoms with E-state index in [1.54, 1.807) is 23.2 Å². The van der Waals surface area contributed by atoms with Gasteiger partial charge in [0.2, 0.25) is 0 Å². The number of aliphatic imine (C=N–C) groups is 2. The first kappa shape index (κ1) is 21.0. The highest BCUT2D eigenvalue weighted by Crippen LogP contribution is 2.38. The van der Waals surface area contributed by atoms with Crippen LogP contribution in [0, 0.1) is 0 Å². The molecule has 0 N–H and O–H groups in total. The largest absolute Gasteiger partial charge is 0.303 e. The van der Waals surface area contributed by atoms with Crippen LogP contribution in [0.2, 0.25) is 10.2 Å². The molecule has 1 fully saturated rings. The Bertz CT molecular complexity index is 880. The van der Waals surface area contributed by atoms with Crippen LogP contribution in [-0.2, 0) is 6.54 Å². The third kappa shape index (κ3) is 4.45. The van der Waals surface area contributed by atoms with E-state index in [1.165, 1.54) is 0 Å². The molecule has 0 radical (unpaired) electrons. The third-order valence-electron chi connectivity index (χ3n) is 5.00. The number of hydrogen-bond donors (Lipinski definition) is 0. The molecule has 2 aromatic rings. The van der Waals surface area contributed by atoms with Gasteiger partial charge >= 0.3 is 0 Å². The van der Waals surface area contributed by atoms with Crippen LogP contribution in [0.25, 0.3) is 0 Å². The van der Waals surface area contributed by atoms with Gasteiger partial charge in [-0.1, -0.05) is 30.1 Å². The molecule has 0 spiro atoms. The molecule has 0 amide bonds. The summed E-state index contributed by atoms with van der Waals surface area (Å²) in [5.74, 6) is -0.239. The molecule has 28 heavy (non-hydrogen) atoms. The van der Waals surface area contributed by atoms with Gasteiger partial charge in [0.25, 0.3) is 0 Å². The van der Waals surface area contributed by atoms with Crippen LogP contribution in [0.4, 0.5) is 15.8 Å². The van der Waals surface area contributed by atoms with E-state index in [0.29, 0.717) is 40.1 Å². The van der Waals surface area contributed by atoms with E-state index in [-0.39, 0.29) is 5.92 Å². The van der Waals surface area contributed by atoms with E-state index >= 15 is 0 Å². The predicted molar refractivity (Wildman–Crippen MR) is 115 cm³/mol. The number of alkyl halides is 1. The van der Waals surface area contributed by atoms with Crippen LogP contribution in [0.5, 0.6) is 0 Å². The zero-order chi connectivity index (χ0) is 20.3. The van der Waals surface area contributed by atoms with Crippen LogP contribution >= 0.6 is 23.2 Å². The van der Waals surface area contributed by atoms with Crippen molar-refractivity contribution in [1.82, 2.24) is 14.7 Å². The van der Waals surface area contributed by atoms with Crippen LogP contribution in [0.15, 0.2) is 28.3 Å². The fourth-order valence-corrected chi connectivity index (χ4v) is 4.02. The molecule has 0 aliphatic carbocycles. The highest BCUT2D eigenvalue weighted by atomic mass is 35.5. The molecule has 1 aromatic heterocycles. The van der Waals surface area contributed by atoms with Gasteiger partial charge in [-0.05, 0) is 50.8 Å². The third-order valence-corrected chi connectivity index (χ3v) is 5.71. The van der Waals surface area contributed by atoms with Gasteiger partial charge in [0.1, 0.15) is 11.9 Å². The van der Waals surface area contributed by atoms with Gasteiger partial charge in [0.15, 0.2) is 5.15 Å². The van der Waals surface area contributed by atoms with Crippen molar-refractivity contribution in [1.29, 1.82) is 0 Å². The number of rotatable bonds is 6. The smallest absolute Gasteiger partial charge is 0.152 e. The lowest BCUT2D eigenvalue weighted by molar-refractivity contribution is 0.139. The highest BCUT2D eigenvalue weighted by molar-refractivity contribution is 6.32. The zero-order valence-corrected chi connectivity index (χ0v) is 17.6. The molecule has 150 valence electrons. The molecular weight excluding hydrogens is 400 g/mol. The van der Waals surface area contributed by atoms with Gasteiger partial charge in [0, 0.05) is 35.8 Å². The van der Waals surface area contributed by atoms with Gasteiger partial charge in [-0.15, -0.1) is 0 Å². The Kier molecular flexibility index (Phi) is 6.86. The van der Waals surface area contributed by atoms with E-state index in [4.69, 9.17) is 23.2 Å². The fourth-order valence-electron chi connectivity index (χ4n) is 3.48. The number of hydrogen-bond acceptors (Lipinski definition) is 4. The minimum atomic E-state index is -0.961. The van der Waals surface area contributed by atoms with Gasteiger partial charge in [-0.3, -0.25) is 14.7 Å². The van der Waals surface area contributed by atoms with Crippen molar-refractivity contribution < 1.29 is 4.39 Å². The van der Waals surface area contributed by atoms with Crippen LogP contribution < -0.4 is 0 Å². The molecule has 0 bridgehead atoms. The van der Waals surface area contributed by atoms with Crippen molar-refractivity contribution >= 4 is 47.5 Å². The van der Waals surface area contributed by atoms with E-state index in [0.717, 1.165) is 25.1 Å². The number of piperidine rings is 1. The summed E-state index contributed by atoms with van der Waals surface area (Å²) in [5.41, 5.74) is 2.66. The number of likely N-dealkylation sites (tertiary alicyclic amines) is 1. The zero-order valence-electron chi connectivity index (χ0n) is 16.1. The lowest BCUT2D eigenvalue weighted by Crippen LogP contribution is -2.38. The van der Waals surface area contributed by atoms with Crippen LogP contribution in [0.3, 0.4) is 0 Å². The van der Waals surface area contributed by atoms with E-state index < -0.39 is 6.17 Å². The number of aromatic nitrogens is 2. The first-order valence-corrected chi connectivity index (χ1v) is 10.1. The minimum absolute atomic E-state index is 0.239. The summed E-state index contributed by atoms with van der Waals surface area (Å²) in [5, 5.41) is 5.23. The van der Waals surface area contributed by atoms with E-state index in [1.807, 2.05) is 18.0 Å². The second kappa shape index (κ2) is 9.16. The number of aryl methyl sites for hydroxylation is 1. The van der Waals surface area contributed by atoms with Crippen molar-refractivity contribution in [2.75, 3.05) is 20.1 Å². The highest BCUT2D eigenvalue weighted by Gasteiger charge is 2.30. The van der Waals surface area contributed by atoms with Gasteiger partial charge < -0.3 is 4.90 Å². The number of nitrogens with zero attached hydrogens (tertiary/aromatic N) is 5. The SMILES string of the molecule is C=Nc1cc(C2CCN(C)CC2F)c(Cl)cc1C=Nc1cnn(CCC)c1Cl. The lowest BCUT2D eigenvalue weighted by atomic mass is 9.87. The second-order valence-electron chi connectivity index (χ2n) is 7.07. The molecule has 0 saturated carbocycles. The summed E-state index contributed by atoms with van der Waals surface area (Å²) in [4.78, 5) is 10.5. The van der Waals surface area contributed by atoms with Gasteiger partial charge in [0.05, 0.1) is 11.9 Å². The maximum absolute atomic E-state index is 14.6. The summed E-state index contributed by atoms with van der Waals surface area (Å²) < 4.78 is 16.3. The molecule has 2 unspecified atom stereocenters. The first-order valence-electron chi connectivity index (χ1n) is 9.32. The fraction of sp³-hybridized carbons (Fsp3) is 0.450. The second-order valence-corrected chi connectivity index (χ2v) is 7.83. The topological polar surface area (TPSA) is 45.8 Å². The number of halogens is 3. The molecule has 2 heterocycles. The monoisotopic (exact) mass is 423 g/mol. The standard InChI is InChI=1S/C20H24Cl2FN5/c1-4-6-28-20(22)19(11-26-28)25-10-13-8-16(21)15(9-18(13)24-2)14-5-7-27(3)12-17(14)23/h8-11,14,17H,2,4-7,12H2,1,3H3. The molecule has 8 heteroatoms. The summed E-state index contributed by atoms with van der Waals surface area (Å²) in [7, 11) is 1.93. The summed E-state index contributed by atoms with van der Waals surface area (Å²) >= 11 is 12.8. The van der Waals surface area contributed by atoms with E-state index in [2.05, 4.69) is 28.7 Å². The Hall–Kier alpha value is -1.76. The van der Waals surface area contributed by atoms with Crippen molar-refractivity contribution in [2.24, 2.45) is 9.98 Å². The first-order chi connectivity index (χ1) is 13.4. The summed E-state index contributed by atoms with van der Waals surface area (Å²) in [6.45, 7) is 7.67. The Morgan fingerprint density at radius 2 is 2.14 bits per heavy atom. The van der Waals surface area contributed by atoms with Crippen molar-refractivity contribution in [3.8, 4) is 0 Å². The molecule has 1 aliphatic heterocycles. The Labute approximate surface area is 174 Å². The number of benzene rings is 1. The average Bonchev–Trinajstić information content (AvgIpc) is 3.01. The predicted octanol–water partition coefficient (Wildman–Crippen LogP) is 5.44. The summed E-state index contributed by atoms with van der Waals surface area (Å²) in [6, 6.07) is 3.58. The minimum Gasteiger partial charge on any atom is -0.303 e. The Morgan fingerprint density at radius 3 is 2.82 bits per heavy atom. The van der Waals surface area contributed by atoms with Crippen molar-refractivity contribution in [3.05, 3.63) is 39.6 Å². The van der Waals surface area contributed by atoms with E-state index in [9.17, 15) is 4.39 Å². The maximum atomic E-state index is 14.6. The summed E-state index contributed by atoms with van der Waals surface area (Å²) in [6.07, 6.45) is 3.95. The normalized spacial score (nSPS) is 20.8. The van der Waals surface area contributed by atoms with Crippen molar-refractivity contribution in [2.45, 2.75) is 38.4 Å². The molecule has 1 aliphatic rings. The van der Waals surface area contributed by atoms with Crippen LogP contribution in [-0.4, -0.2) is 53.9 Å². The Morgan fingerprint density at radius 1 is 1.36 bits per heavy atom. The maximum Gasteiger partial charge on any atom is 0.152 e. The molecule has 1 saturated heterocycles. The molecule has 1 aromatic carbocycles. The quantitative estimate of drug-likeness (QED) is 0.580. The van der Waals surface area contributed by atoms with Crippen molar-refractivity contribution in [3.63, 3.8) is 0 Å². The molecule has 2 atom stereocenters. The Balaban J connectivity index is 1.88. The van der Waals surface area contributed by atoms with Crippen LogP contribution in [0.1, 0.15) is 36.8 Å². The van der Waals surface area contributed by atoms with Gasteiger partial charge in [-0.25, -0.2) is 4.39 Å². The average molecular weight is 424 g/mol. The molecular formula is C20H24Cl2FN5. The lowest BCUT2D eigenvalue weighted by Gasteiger charge is -2.33. The molecule has 3 rings (SSSR count).